The molecule has 23 heavy (non-hydrogen) atoms. The van der Waals surface area contributed by atoms with Gasteiger partial charge in [0.05, 0.1) is 4.91 Å². The number of thioether (sulfide) groups is 1. The maximum Gasteiger partial charge on any atom is 0.293 e. The second-order valence-electron chi connectivity index (χ2n) is 5.69. The number of carbonyl (C=O) groups excluding carboxylic acids is 2. The normalized spacial score (nSPS) is 18.4. The van der Waals surface area contributed by atoms with Gasteiger partial charge in [0, 0.05) is 35.2 Å². The summed E-state index contributed by atoms with van der Waals surface area (Å²) in [5.74, 6) is -0.192. The Bertz CT molecular complexity index is 806. The van der Waals surface area contributed by atoms with E-state index in [1.807, 2.05) is 25.1 Å². The highest BCUT2D eigenvalue weighted by Crippen LogP contribution is 2.34. The fourth-order valence-corrected chi connectivity index (χ4v) is 3.72. The van der Waals surface area contributed by atoms with E-state index < -0.39 is 0 Å². The van der Waals surface area contributed by atoms with Crippen LogP contribution in [0.3, 0.4) is 0 Å². The number of rotatable bonds is 4. The zero-order valence-electron chi connectivity index (χ0n) is 13.6. The van der Waals surface area contributed by atoms with E-state index >= 15 is 0 Å². The summed E-state index contributed by atoms with van der Waals surface area (Å²) >= 11 is 1.02. The zero-order valence-corrected chi connectivity index (χ0v) is 14.4. The first-order valence-electron chi connectivity index (χ1n) is 7.91. The molecule has 4 nitrogen and oxygen atoms in total. The summed E-state index contributed by atoms with van der Waals surface area (Å²) in [6.07, 6.45) is 4.96. The first kappa shape index (κ1) is 15.9. The van der Waals surface area contributed by atoms with Gasteiger partial charge in [0.15, 0.2) is 0 Å². The van der Waals surface area contributed by atoms with Crippen LogP contribution in [0, 0.1) is 0 Å². The van der Waals surface area contributed by atoms with Crippen LogP contribution in [0.15, 0.2) is 35.4 Å². The lowest BCUT2D eigenvalue weighted by atomic mass is 10.1. The molecular formula is C18H20N2O2S. The monoisotopic (exact) mass is 328 g/mol. The van der Waals surface area contributed by atoms with E-state index in [1.54, 1.807) is 0 Å². The number of nitrogens with zero attached hydrogens (tertiary/aromatic N) is 2. The summed E-state index contributed by atoms with van der Waals surface area (Å²) in [6, 6.07) is 8.56. The summed E-state index contributed by atoms with van der Waals surface area (Å²) in [7, 11) is 0. The van der Waals surface area contributed by atoms with Crippen LogP contribution in [0.1, 0.15) is 38.8 Å². The Kier molecular flexibility index (Phi) is 4.31. The predicted molar refractivity (Wildman–Crippen MR) is 95.3 cm³/mol. The van der Waals surface area contributed by atoms with Crippen LogP contribution < -0.4 is 0 Å². The molecule has 2 aromatic rings. The Morgan fingerprint density at radius 3 is 2.61 bits per heavy atom. The van der Waals surface area contributed by atoms with Crippen LogP contribution in [0.4, 0.5) is 4.79 Å². The van der Waals surface area contributed by atoms with Gasteiger partial charge < -0.3 is 4.57 Å². The Balaban J connectivity index is 2.09. The van der Waals surface area contributed by atoms with Gasteiger partial charge in [0.2, 0.25) is 0 Å². The van der Waals surface area contributed by atoms with E-state index in [-0.39, 0.29) is 11.1 Å². The summed E-state index contributed by atoms with van der Waals surface area (Å²) < 4.78 is 2.24. The van der Waals surface area contributed by atoms with Crippen LogP contribution in [0.2, 0.25) is 0 Å². The maximum absolute atomic E-state index is 12.3. The fraction of sp³-hybridized carbons (Fsp3) is 0.333. The molecule has 1 saturated heterocycles. The number of hydrogen-bond donors (Lipinski definition) is 0. The lowest BCUT2D eigenvalue weighted by Crippen LogP contribution is -2.27. The molecule has 2 heterocycles. The number of imide groups is 1. The predicted octanol–water partition coefficient (Wildman–Crippen LogP) is 4.67. The number of benzene rings is 1. The van der Waals surface area contributed by atoms with Gasteiger partial charge >= 0.3 is 0 Å². The minimum atomic E-state index is -0.192. The summed E-state index contributed by atoms with van der Waals surface area (Å²) in [6.45, 7) is 6.57. The average molecular weight is 328 g/mol. The van der Waals surface area contributed by atoms with E-state index in [1.165, 1.54) is 4.90 Å². The van der Waals surface area contributed by atoms with Gasteiger partial charge in [-0.1, -0.05) is 25.1 Å². The van der Waals surface area contributed by atoms with Gasteiger partial charge in [0.25, 0.3) is 11.1 Å². The van der Waals surface area contributed by atoms with Crippen molar-refractivity contribution in [1.29, 1.82) is 0 Å². The van der Waals surface area contributed by atoms with Crippen molar-refractivity contribution in [2.75, 3.05) is 6.54 Å². The van der Waals surface area contributed by atoms with Gasteiger partial charge in [0.1, 0.15) is 0 Å². The second kappa shape index (κ2) is 6.24. The third kappa shape index (κ3) is 2.70. The molecule has 0 saturated carbocycles. The largest absolute Gasteiger partial charge is 0.344 e. The molecular weight excluding hydrogens is 308 g/mol. The quantitative estimate of drug-likeness (QED) is 0.766. The first-order chi connectivity index (χ1) is 11.1. The molecule has 0 spiro atoms. The van der Waals surface area contributed by atoms with Crippen molar-refractivity contribution in [3.8, 4) is 0 Å². The topological polar surface area (TPSA) is 42.3 Å². The minimum Gasteiger partial charge on any atom is -0.344 e. The second-order valence-corrected chi connectivity index (χ2v) is 6.69. The van der Waals surface area contributed by atoms with Crippen molar-refractivity contribution in [3.05, 3.63) is 40.9 Å². The molecule has 1 aromatic heterocycles. The molecule has 3 rings (SSSR count). The first-order valence-corrected chi connectivity index (χ1v) is 8.73. The number of likely N-dealkylation sites (N-methyl/N-ethyl adjacent to an activating group) is 1. The molecule has 1 aliphatic rings. The fourth-order valence-electron chi connectivity index (χ4n) is 2.82. The summed E-state index contributed by atoms with van der Waals surface area (Å²) in [5.41, 5.74) is 2.14. The Morgan fingerprint density at radius 1 is 1.22 bits per heavy atom. The van der Waals surface area contributed by atoms with Gasteiger partial charge in [-0.3, -0.25) is 14.5 Å². The van der Waals surface area contributed by atoms with Crippen molar-refractivity contribution < 1.29 is 9.59 Å². The van der Waals surface area contributed by atoms with E-state index in [0.29, 0.717) is 17.5 Å². The van der Waals surface area contributed by atoms with Crippen LogP contribution >= 0.6 is 11.8 Å². The van der Waals surface area contributed by atoms with E-state index in [9.17, 15) is 9.59 Å². The van der Waals surface area contributed by atoms with Gasteiger partial charge in [-0.15, -0.1) is 0 Å². The minimum absolute atomic E-state index is 0.186. The number of aromatic nitrogens is 1. The molecule has 1 aromatic carbocycles. The van der Waals surface area contributed by atoms with Gasteiger partial charge in [-0.05, 0) is 44.2 Å². The zero-order chi connectivity index (χ0) is 16.6. The van der Waals surface area contributed by atoms with Crippen LogP contribution in [0.5, 0.6) is 0 Å². The van der Waals surface area contributed by atoms with E-state index in [0.717, 1.165) is 34.6 Å². The highest BCUT2D eigenvalue weighted by atomic mass is 32.2. The third-order valence-electron chi connectivity index (χ3n) is 4.31. The standard InChI is InChI=1S/C18H20N2O2S/c1-4-12(3)20-11-13(14-8-6-7-9-15(14)20)10-16-17(21)19(5-2)18(22)23-16/h6-12H,4-5H2,1-3H3/b16-10+/t12-/m1/s1. The van der Waals surface area contributed by atoms with Crippen molar-refractivity contribution in [1.82, 2.24) is 9.47 Å². The van der Waals surface area contributed by atoms with Crippen molar-refractivity contribution in [2.24, 2.45) is 0 Å². The number of fused-ring (bicyclic) bond motifs is 1. The van der Waals surface area contributed by atoms with Crippen LogP contribution in [0.25, 0.3) is 17.0 Å². The van der Waals surface area contributed by atoms with Crippen molar-refractivity contribution in [3.63, 3.8) is 0 Å². The number of carbonyl (C=O) groups is 2. The smallest absolute Gasteiger partial charge is 0.293 e. The van der Waals surface area contributed by atoms with Crippen LogP contribution in [-0.2, 0) is 4.79 Å². The molecule has 0 radical (unpaired) electrons. The Hall–Kier alpha value is -2.01. The lowest BCUT2D eigenvalue weighted by molar-refractivity contribution is -0.122. The van der Waals surface area contributed by atoms with Crippen LogP contribution in [-0.4, -0.2) is 27.2 Å². The molecule has 1 atom stereocenters. The molecule has 0 bridgehead atoms. The SMILES string of the molecule is CC[C@@H](C)n1cc(/C=C2/SC(=O)N(CC)C2=O)c2ccccc21. The average Bonchev–Trinajstić information content (AvgIpc) is 3.05. The van der Waals surface area contributed by atoms with E-state index in [4.69, 9.17) is 0 Å². The summed E-state index contributed by atoms with van der Waals surface area (Å²) in [4.78, 5) is 25.9. The molecule has 0 unspecified atom stereocenters. The Morgan fingerprint density at radius 2 is 1.96 bits per heavy atom. The molecule has 1 fully saturated rings. The van der Waals surface area contributed by atoms with Gasteiger partial charge in [-0.25, -0.2) is 0 Å². The third-order valence-corrected chi connectivity index (χ3v) is 5.22. The molecule has 0 aliphatic carbocycles. The highest BCUT2D eigenvalue weighted by molar-refractivity contribution is 8.18. The van der Waals surface area contributed by atoms with Crippen molar-refractivity contribution in [2.45, 2.75) is 33.2 Å². The number of para-hydroxylation sites is 1. The summed E-state index contributed by atoms with van der Waals surface area (Å²) in [5, 5.41) is 0.922. The Labute approximate surface area is 140 Å². The molecule has 1 aliphatic heterocycles. The number of amides is 2. The van der Waals surface area contributed by atoms with E-state index in [2.05, 4.69) is 36.7 Å². The maximum atomic E-state index is 12.3. The lowest BCUT2D eigenvalue weighted by Gasteiger charge is -2.12. The molecule has 120 valence electrons. The highest BCUT2D eigenvalue weighted by Gasteiger charge is 2.33. The molecule has 0 N–H and O–H groups in total. The van der Waals surface area contributed by atoms with Gasteiger partial charge in [-0.2, -0.15) is 0 Å². The van der Waals surface area contributed by atoms with Crippen molar-refractivity contribution >= 4 is 39.9 Å². The number of hydrogen-bond acceptors (Lipinski definition) is 3. The molecule has 2 amide bonds. The molecule has 5 heteroatoms.